The van der Waals surface area contributed by atoms with E-state index in [0.29, 0.717) is 23.8 Å². The van der Waals surface area contributed by atoms with E-state index >= 15 is 0 Å². The average Bonchev–Trinajstić information content (AvgIpc) is 3.38. The Balaban J connectivity index is 1.48. The van der Waals surface area contributed by atoms with Crippen molar-refractivity contribution in [2.45, 2.75) is 45.6 Å². The monoisotopic (exact) mass is 549 g/mol. The van der Waals surface area contributed by atoms with Crippen LogP contribution < -0.4 is 9.84 Å². The first-order valence-corrected chi connectivity index (χ1v) is 14.6. The molecule has 9 nitrogen and oxygen atoms in total. The lowest BCUT2D eigenvalue weighted by atomic mass is 9.78. The van der Waals surface area contributed by atoms with Crippen molar-refractivity contribution >= 4 is 57.8 Å². The summed E-state index contributed by atoms with van der Waals surface area (Å²) in [4.78, 5) is 38.9. The van der Waals surface area contributed by atoms with Gasteiger partial charge < -0.3 is 14.9 Å². The van der Waals surface area contributed by atoms with Crippen molar-refractivity contribution in [3.05, 3.63) is 52.0 Å². The summed E-state index contributed by atoms with van der Waals surface area (Å²) < 4.78 is 17.6. The minimum atomic E-state index is -4.69. The van der Waals surface area contributed by atoms with Crippen molar-refractivity contribution in [3.63, 3.8) is 0 Å². The molecule has 1 aliphatic rings. The highest BCUT2D eigenvalue weighted by Gasteiger charge is 2.30. The molecule has 1 atom stereocenters. The quantitative estimate of drug-likeness (QED) is 0.268. The zero-order valence-electron chi connectivity index (χ0n) is 20.3. The van der Waals surface area contributed by atoms with E-state index < -0.39 is 25.2 Å². The number of carbonyl (C=O) groups is 1. The van der Waals surface area contributed by atoms with Gasteiger partial charge in [-0.25, -0.2) is 14.3 Å². The van der Waals surface area contributed by atoms with Gasteiger partial charge >= 0.3 is 13.8 Å². The zero-order chi connectivity index (χ0) is 26.3. The molecule has 2 aromatic carbocycles. The molecule has 0 fully saturated rings. The average molecular weight is 550 g/mol. The number of carboxylic acids is 1. The summed E-state index contributed by atoms with van der Waals surface area (Å²) >= 11 is 2.90. The summed E-state index contributed by atoms with van der Waals surface area (Å²) in [6, 6.07) is 8.81. The molecule has 4 N–H and O–H groups in total. The number of aliphatic imine (C=N–C) groups is 1. The molecular weight excluding hydrogens is 521 g/mol. The third kappa shape index (κ3) is 6.10. The first-order chi connectivity index (χ1) is 16.8. The normalized spacial score (nSPS) is 16.3. The second-order valence-corrected chi connectivity index (χ2v) is 12.6. The zero-order valence-corrected chi connectivity index (χ0v) is 22.8. The molecule has 1 aliphatic heterocycles. The van der Waals surface area contributed by atoms with Gasteiger partial charge in [0.25, 0.3) is 0 Å². The summed E-state index contributed by atoms with van der Waals surface area (Å²) in [6.07, 6.45) is 0.685. The molecule has 3 aromatic rings. The fraction of sp³-hybridized carbons (Fsp3) is 0.375. The van der Waals surface area contributed by atoms with Gasteiger partial charge in [0.15, 0.2) is 6.04 Å². The number of thiazole rings is 1. The van der Waals surface area contributed by atoms with E-state index in [0.717, 1.165) is 37.6 Å². The van der Waals surface area contributed by atoms with Crippen LogP contribution in [0.4, 0.5) is 5.69 Å². The van der Waals surface area contributed by atoms with Crippen LogP contribution in [0, 0.1) is 13.8 Å². The number of hydrogen-bond acceptors (Lipinski definition) is 8. The molecule has 2 heterocycles. The van der Waals surface area contributed by atoms with Gasteiger partial charge in [-0.3, -0.25) is 14.8 Å². The molecule has 36 heavy (non-hydrogen) atoms. The lowest BCUT2D eigenvalue weighted by Gasteiger charge is -2.30. The number of fused-ring (bicyclic) bond motifs is 1. The first kappa shape index (κ1) is 26.6. The maximum absolute atomic E-state index is 11.6. The number of hydrogen-bond donors (Lipinski definition) is 4. The van der Waals surface area contributed by atoms with Crippen molar-refractivity contribution in [3.8, 4) is 5.75 Å². The Morgan fingerprint density at radius 3 is 2.67 bits per heavy atom. The molecule has 0 unspecified atom stereocenters. The molecule has 12 heteroatoms. The van der Waals surface area contributed by atoms with E-state index in [4.69, 9.17) is 4.52 Å². The van der Waals surface area contributed by atoms with Gasteiger partial charge in [-0.1, -0.05) is 19.9 Å². The van der Waals surface area contributed by atoms with Crippen LogP contribution in [0.3, 0.4) is 0 Å². The van der Waals surface area contributed by atoms with Gasteiger partial charge in [-0.2, -0.15) is 0 Å². The largest absolute Gasteiger partial charge is 0.524 e. The van der Waals surface area contributed by atoms with E-state index in [2.05, 4.69) is 15.3 Å². The maximum Gasteiger partial charge on any atom is 0.524 e. The molecule has 192 valence electrons. The first-order valence-electron chi connectivity index (χ1n) is 11.3. The van der Waals surface area contributed by atoms with Gasteiger partial charge in [0.2, 0.25) is 0 Å². The SMILES string of the molecule is Cc1cc(C)c(C(C)(C)CCNc2ccc3nc(C4=N[C@@H](C(=O)O)CS4)sc3c2)c(OP(=O)(O)O)c1. The Morgan fingerprint density at radius 1 is 1.25 bits per heavy atom. The third-order valence-corrected chi connectivity index (χ3v) is 8.57. The number of rotatable bonds is 9. The maximum atomic E-state index is 11.6. The van der Waals surface area contributed by atoms with Crippen molar-refractivity contribution in [2.24, 2.45) is 4.99 Å². The van der Waals surface area contributed by atoms with Gasteiger partial charge in [-0.05, 0) is 61.1 Å². The summed E-state index contributed by atoms with van der Waals surface area (Å²) in [5.74, 6) is -0.290. The number of phosphoric ester groups is 1. The van der Waals surface area contributed by atoms with Crippen molar-refractivity contribution < 1.29 is 28.8 Å². The molecule has 1 aromatic heterocycles. The van der Waals surface area contributed by atoms with Crippen molar-refractivity contribution in [1.29, 1.82) is 0 Å². The number of carboxylic acid groups (broad SMARTS) is 1. The van der Waals surface area contributed by atoms with E-state index in [1.807, 2.05) is 52.0 Å². The van der Waals surface area contributed by atoms with Gasteiger partial charge in [0, 0.05) is 23.5 Å². The number of nitrogens with zero attached hydrogens (tertiary/aromatic N) is 2. The fourth-order valence-electron chi connectivity index (χ4n) is 4.38. The van der Waals surface area contributed by atoms with Crippen LogP contribution in [-0.2, 0) is 14.8 Å². The minimum Gasteiger partial charge on any atom is -0.480 e. The number of aromatic nitrogens is 1. The Morgan fingerprint density at radius 2 is 2.00 bits per heavy atom. The van der Waals surface area contributed by atoms with E-state index in [1.165, 1.54) is 23.1 Å². The van der Waals surface area contributed by atoms with Gasteiger partial charge in [0.1, 0.15) is 15.8 Å². The molecule has 4 rings (SSSR count). The van der Waals surface area contributed by atoms with Crippen LogP contribution in [0.2, 0.25) is 0 Å². The standard InChI is InChI=1S/C24H28N3O6PS2/c1-13-9-14(2)20(18(10-13)33-34(30,31)32)24(3,4)7-8-25-15-5-6-16-19(11-15)36-22(26-16)21-27-17(12-35-21)23(28)29/h5-6,9-11,17,25H,7-8,12H2,1-4H3,(H,28,29)(H2,30,31,32)/t17-/m1/s1. The van der Waals surface area contributed by atoms with Crippen molar-refractivity contribution in [2.75, 3.05) is 17.6 Å². The van der Waals surface area contributed by atoms with E-state index in [9.17, 15) is 24.3 Å². The molecular formula is C24H28N3O6PS2. The van der Waals surface area contributed by atoms with Gasteiger partial charge in [-0.15, -0.1) is 23.1 Å². The topological polar surface area (TPSA) is 141 Å². The number of aryl methyl sites for hydroxylation is 2. The number of nitrogens with one attached hydrogen (secondary N) is 1. The highest BCUT2D eigenvalue weighted by atomic mass is 32.2. The number of benzene rings is 2. The number of phosphoric acid groups is 1. The second-order valence-electron chi connectivity index (χ2n) is 9.40. The molecule has 0 amide bonds. The highest BCUT2D eigenvalue weighted by Crippen LogP contribution is 2.45. The Hall–Kier alpha value is -2.43. The van der Waals surface area contributed by atoms with Crippen LogP contribution in [-0.4, -0.2) is 49.2 Å². The van der Waals surface area contributed by atoms with Crippen molar-refractivity contribution in [1.82, 2.24) is 4.98 Å². The Bertz CT molecular complexity index is 1400. The van der Waals surface area contributed by atoms with E-state index in [-0.39, 0.29) is 5.75 Å². The minimum absolute atomic E-state index is 0.210. The molecule has 0 spiro atoms. The summed E-state index contributed by atoms with van der Waals surface area (Å²) in [5.41, 5.74) is 3.89. The molecule has 0 aliphatic carbocycles. The Kier molecular flexibility index (Phi) is 7.50. The predicted octanol–water partition coefficient (Wildman–Crippen LogP) is 5.11. The van der Waals surface area contributed by atoms with Gasteiger partial charge in [0.05, 0.1) is 10.2 Å². The van der Waals surface area contributed by atoms with E-state index in [1.54, 1.807) is 6.07 Å². The van der Waals surface area contributed by atoms with Crippen LogP contribution in [0.5, 0.6) is 5.75 Å². The fourth-order valence-corrected chi connectivity index (χ4v) is 6.89. The molecule has 0 saturated carbocycles. The highest BCUT2D eigenvalue weighted by molar-refractivity contribution is 8.15. The molecule has 0 radical (unpaired) electrons. The smallest absolute Gasteiger partial charge is 0.480 e. The summed E-state index contributed by atoms with van der Waals surface area (Å²) in [6.45, 7) is 8.46. The molecule has 0 saturated heterocycles. The van der Waals surface area contributed by atoms with Crippen LogP contribution in [0.25, 0.3) is 10.2 Å². The number of aliphatic carboxylic acids is 1. The number of thioether (sulfide) groups is 1. The summed E-state index contributed by atoms with van der Waals surface area (Å²) in [7, 11) is -4.69. The van der Waals surface area contributed by atoms with Crippen LogP contribution >= 0.6 is 30.9 Å². The number of anilines is 1. The summed E-state index contributed by atoms with van der Waals surface area (Å²) in [5, 5.41) is 14.0. The molecule has 0 bridgehead atoms. The van der Waals surface area contributed by atoms with Crippen LogP contribution in [0.1, 0.15) is 42.0 Å². The Labute approximate surface area is 217 Å². The lowest BCUT2D eigenvalue weighted by molar-refractivity contribution is -0.137. The van der Waals surface area contributed by atoms with Crippen LogP contribution in [0.15, 0.2) is 35.3 Å². The predicted molar refractivity (Wildman–Crippen MR) is 145 cm³/mol. The second kappa shape index (κ2) is 10.1. The third-order valence-electron chi connectivity index (χ3n) is 5.92. The lowest BCUT2D eigenvalue weighted by Crippen LogP contribution is -2.23.